The van der Waals surface area contributed by atoms with Crippen molar-refractivity contribution in [3.8, 4) is 0 Å². The molecule has 2 aromatic carbocycles. The molecule has 0 aliphatic carbocycles. The second-order valence-electron chi connectivity index (χ2n) is 9.40. The van der Waals surface area contributed by atoms with Crippen LogP contribution < -0.4 is 10.6 Å². The monoisotopic (exact) mass is 444 g/mol. The molecule has 3 heterocycles. The lowest BCUT2D eigenvalue weighted by atomic mass is 9.69. The van der Waals surface area contributed by atoms with Crippen molar-refractivity contribution in [2.45, 2.75) is 51.9 Å². The van der Waals surface area contributed by atoms with Crippen LogP contribution in [0.5, 0.6) is 0 Å². The second kappa shape index (κ2) is 9.02. The molecule has 172 valence electrons. The molecule has 2 saturated heterocycles. The van der Waals surface area contributed by atoms with E-state index in [9.17, 15) is 9.59 Å². The second-order valence-corrected chi connectivity index (χ2v) is 9.40. The number of hydrogen-bond acceptors (Lipinski definition) is 3. The van der Waals surface area contributed by atoms with Gasteiger partial charge in [-0.2, -0.15) is 0 Å². The zero-order valence-corrected chi connectivity index (χ0v) is 19.2. The highest BCUT2D eigenvalue weighted by Crippen LogP contribution is 2.39. The van der Waals surface area contributed by atoms with Crippen LogP contribution in [0.2, 0.25) is 0 Å². The summed E-state index contributed by atoms with van der Waals surface area (Å²) >= 11 is 0. The van der Waals surface area contributed by atoms with E-state index in [2.05, 4.69) is 57.5 Å². The van der Waals surface area contributed by atoms with Crippen molar-refractivity contribution in [2.75, 3.05) is 13.1 Å². The maximum absolute atomic E-state index is 13.6. The maximum Gasteiger partial charge on any atom is 0.229 e. The Morgan fingerprint density at radius 2 is 1.94 bits per heavy atom. The van der Waals surface area contributed by atoms with E-state index < -0.39 is 5.41 Å². The van der Waals surface area contributed by atoms with Crippen molar-refractivity contribution >= 4 is 22.7 Å². The molecule has 0 unspecified atom stereocenters. The first-order valence-corrected chi connectivity index (χ1v) is 12.0. The molecule has 2 aliphatic rings. The maximum atomic E-state index is 13.6. The first-order valence-electron chi connectivity index (χ1n) is 12.0. The van der Waals surface area contributed by atoms with E-state index >= 15 is 0 Å². The van der Waals surface area contributed by atoms with Crippen LogP contribution in [0.15, 0.2) is 60.8 Å². The number of likely N-dealkylation sites (tertiary alicyclic amines) is 1. The number of carbonyl (C=O) groups is 2. The summed E-state index contributed by atoms with van der Waals surface area (Å²) in [4.78, 5) is 28.2. The number of benzene rings is 2. The van der Waals surface area contributed by atoms with Gasteiger partial charge in [0.1, 0.15) is 0 Å². The van der Waals surface area contributed by atoms with Gasteiger partial charge in [0.05, 0.1) is 5.41 Å². The van der Waals surface area contributed by atoms with E-state index in [1.807, 2.05) is 30.3 Å². The molecule has 0 spiro atoms. The molecule has 2 N–H and O–H groups in total. The number of aryl methyl sites for hydroxylation is 1. The SMILES string of the molecule is CCn1cc(CN2CC[C@H]3NC(=O)CC[C@]3(C(=O)NCc3ccccc3)C2)c2ccccc21. The standard InChI is InChI=1S/C27H32N4O2/c1-2-31-18-21(22-10-6-7-11-23(22)31)17-30-15-13-24-27(19-30,14-12-25(32)29-24)26(33)28-16-20-8-4-3-5-9-20/h3-11,18,24H,2,12-17,19H2,1H3,(H,28,33)(H,29,32)/t24-,27+/m1/s1. The molecule has 2 fully saturated rings. The molecule has 0 radical (unpaired) electrons. The summed E-state index contributed by atoms with van der Waals surface area (Å²) in [5.74, 6) is 0.114. The summed E-state index contributed by atoms with van der Waals surface area (Å²) in [5, 5.41) is 7.59. The van der Waals surface area contributed by atoms with Gasteiger partial charge in [0.2, 0.25) is 11.8 Å². The summed E-state index contributed by atoms with van der Waals surface area (Å²) < 4.78 is 2.29. The Morgan fingerprint density at radius 3 is 2.76 bits per heavy atom. The van der Waals surface area contributed by atoms with Gasteiger partial charge in [-0.1, -0.05) is 48.5 Å². The molecule has 5 rings (SSSR count). The number of fused-ring (bicyclic) bond motifs is 2. The summed E-state index contributed by atoms with van der Waals surface area (Å²) in [6.07, 6.45) is 4.04. The lowest BCUT2D eigenvalue weighted by molar-refractivity contribution is -0.144. The predicted octanol–water partition coefficient (Wildman–Crippen LogP) is 3.45. The van der Waals surface area contributed by atoms with E-state index in [1.54, 1.807) is 0 Å². The number of amides is 2. The largest absolute Gasteiger partial charge is 0.352 e. The molecule has 2 amide bonds. The van der Waals surface area contributed by atoms with E-state index in [1.165, 1.54) is 16.5 Å². The van der Waals surface area contributed by atoms with Crippen LogP contribution in [0.1, 0.15) is 37.3 Å². The lowest BCUT2D eigenvalue weighted by Gasteiger charge is -2.49. The summed E-state index contributed by atoms with van der Waals surface area (Å²) in [5.41, 5.74) is 3.04. The average Bonchev–Trinajstić information content (AvgIpc) is 3.21. The first-order chi connectivity index (χ1) is 16.1. The smallest absolute Gasteiger partial charge is 0.229 e. The number of piperidine rings is 2. The highest BCUT2D eigenvalue weighted by Gasteiger charge is 2.51. The molecule has 0 saturated carbocycles. The Balaban J connectivity index is 1.37. The van der Waals surface area contributed by atoms with Crippen molar-refractivity contribution in [1.29, 1.82) is 0 Å². The van der Waals surface area contributed by atoms with Crippen LogP contribution in [0.3, 0.4) is 0 Å². The Kier molecular flexibility index (Phi) is 5.94. The Bertz CT molecular complexity index is 1160. The number of nitrogens with zero attached hydrogens (tertiary/aromatic N) is 2. The van der Waals surface area contributed by atoms with E-state index in [0.29, 0.717) is 25.9 Å². The quantitative estimate of drug-likeness (QED) is 0.612. The fraction of sp³-hybridized carbons (Fsp3) is 0.407. The first kappa shape index (κ1) is 21.7. The van der Waals surface area contributed by atoms with Crippen molar-refractivity contribution in [3.05, 3.63) is 71.9 Å². The van der Waals surface area contributed by atoms with Gasteiger partial charge in [0.15, 0.2) is 0 Å². The zero-order chi connectivity index (χ0) is 22.8. The minimum atomic E-state index is -0.593. The number of nitrogens with one attached hydrogen (secondary N) is 2. The minimum absolute atomic E-state index is 0.0528. The normalized spacial score (nSPS) is 23.2. The van der Waals surface area contributed by atoms with Crippen LogP contribution >= 0.6 is 0 Å². The molecular weight excluding hydrogens is 412 g/mol. The van der Waals surface area contributed by atoms with Crippen LogP contribution in [-0.4, -0.2) is 40.4 Å². The highest BCUT2D eigenvalue weighted by molar-refractivity contribution is 5.88. The number of carbonyl (C=O) groups excluding carboxylic acids is 2. The summed E-state index contributed by atoms with van der Waals surface area (Å²) in [7, 11) is 0. The van der Waals surface area contributed by atoms with Crippen LogP contribution in [0, 0.1) is 5.41 Å². The van der Waals surface area contributed by atoms with E-state index in [-0.39, 0.29) is 17.9 Å². The molecule has 2 aliphatic heterocycles. The van der Waals surface area contributed by atoms with E-state index in [0.717, 1.165) is 31.6 Å². The van der Waals surface area contributed by atoms with Crippen LogP contribution in [-0.2, 0) is 29.2 Å². The van der Waals surface area contributed by atoms with Gasteiger partial charge >= 0.3 is 0 Å². The van der Waals surface area contributed by atoms with Crippen molar-refractivity contribution in [2.24, 2.45) is 5.41 Å². The van der Waals surface area contributed by atoms with Gasteiger partial charge in [-0.25, -0.2) is 0 Å². The molecule has 33 heavy (non-hydrogen) atoms. The molecule has 2 atom stereocenters. The molecule has 3 aromatic rings. The number of hydrogen-bond donors (Lipinski definition) is 2. The summed E-state index contributed by atoms with van der Waals surface area (Å²) in [6.45, 7) is 5.93. The molecule has 6 nitrogen and oxygen atoms in total. The topological polar surface area (TPSA) is 66.4 Å². The molecule has 6 heteroatoms. The Hall–Kier alpha value is -3.12. The van der Waals surface area contributed by atoms with Crippen LogP contribution in [0.4, 0.5) is 0 Å². The number of para-hydroxylation sites is 1. The third-order valence-electron chi connectivity index (χ3n) is 7.39. The van der Waals surface area contributed by atoms with Gasteiger partial charge in [0.25, 0.3) is 0 Å². The molecule has 0 bridgehead atoms. The van der Waals surface area contributed by atoms with Gasteiger partial charge in [0, 0.05) is 62.3 Å². The van der Waals surface area contributed by atoms with Crippen molar-refractivity contribution in [1.82, 2.24) is 20.1 Å². The number of rotatable bonds is 6. The third kappa shape index (κ3) is 4.15. The third-order valence-corrected chi connectivity index (χ3v) is 7.39. The Morgan fingerprint density at radius 1 is 1.15 bits per heavy atom. The van der Waals surface area contributed by atoms with Gasteiger partial charge in [-0.3, -0.25) is 14.5 Å². The predicted molar refractivity (Wildman–Crippen MR) is 129 cm³/mol. The molecule has 1 aromatic heterocycles. The average molecular weight is 445 g/mol. The van der Waals surface area contributed by atoms with Gasteiger partial charge < -0.3 is 15.2 Å². The highest BCUT2D eigenvalue weighted by atomic mass is 16.2. The minimum Gasteiger partial charge on any atom is -0.352 e. The van der Waals surface area contributed by atoms with E-state index in [4.69, 9.17) is 0 Å². The molecular formula is C27H32N4O2. The van der Waals surface area contributed by atoms with Gasteiger partial charge in [-0.15, -0.1) is 0 Å². The van der Waals surface area contributed by atoms with Crippen molar-refractivity contribution < 1.29 is 9.59 Å². The Labute approximate surface area is 195 Å². The van der Waals surface area contributed by atoms with Gasteiger partial charge in [-0.05, 0) is 37.0 Å². The fourth-order valence-corrected chi connectivity index (χ4v) is 5.63. The summed E-state index contributed by atoms with van der Waals surface area (Å²) in [6, 6.07) is 18.4. The van der Waals surface area contributed by atoms with Crippen molar-refractivity contribution in [3.63, 3.8) is 0 Å². The number of aromatic nitrogens is 1. The zero-order valence-electron chi connectivity index (χ0n) is 19.2. The lowest BCUT2D eigenvalue weighted by Crippen LogP contribution is -2.66. The van der Waals surface area contributed by atoms with Crippen LogP contribution in [0.25, 0.3) is 10.9 Å². The fourth-order valence-electron chi connectivity index (χ4n) is 5.63.